The van der Waals surface area contributed by atoms with Gasteiger partial charge in [0.15, 0.2) is 0 Å². The number of carbonyl (C=O) groups is 1. The van der Waals surface area contributed by atoms with Gasteiger partial charge in [0.05, 0.1) is 36.1 Å². The summed E-state index contributed by atoms with van der Waals surface area (Å²) >= 11 is 1.80. The number of likely N-dealkylation sites (N-methyl/N-ethyl adjacent to an activating group) is 1. The van der Waals surface area contributed by atoms with Gasteiger partial charge in [-0.15, -0.1) is 0 Å². The van der Waals surface area contributed by atoms with Crippen LogP contribution in [0, 0.1) is 6.92 Å². The van der Waals surface area contributed by atoms with Crippen molar-refractivity contribution in [1.82, 2.24) is 14.8 Å². The summed E-state index contributed by atoms with van der Waals surface area (Å²) in [4.78, 5) is 18.2. The summed E-state index contributed by atoms with van der Waals surface area (Å²) in [5, 5.41) is 4.47. The fourth-order valence-electron chi connectivity index (χ4n) is 2.29. The zero-order chi connectivity index (χ0) is 17.5. The molecule has 0 aromatic carbocycles. The average molecular weight is 348 g/mol. The zero-order valence-electron chi connectivity index (χ0n) is 14.6. The zero-order valence-corrected chi connectivity index (χ0v) is 15.4. The van der Waals surface area contributed by atoms with Gasteiger partial charge in [0.25, 0.3) is 5.91 Å². The summed E-state index contributed by atoms with van der Waals surface area (Å²) in [7, 11) is 1.75. The largest absolute Gasteiger partial charge is 0.368 e. The first-order chi connectivity index (χ1) is 11.5. The molecule has 2 heterocycles. The summed E-state index contributed by atoms with van der Waals surface area (Å²) in [5.74, 6) is 1.87. The summed E-state index contributed by atoms with van der Waals surface area (Å²) in [6.45, 7) is 6.36. The van der Waals surface area contributed by atoms with Gasteiger partial charge >= 0.3 is 0 Å². The molecule has 0 aliphatic rings. The Balaban J connectivity index is 2.05. The van der Waals surface area contributed by atoms with Crippen LogP contribution in [-0.4, -0.2) is 51.9 Å². The summed E-state index contributed by atoms with van der Waals surface area (Å²) in [6, 6.07) is 3.77. The van der Waals surface area contributed by atoms with E-state index in [0.29, 0.717) is 6.61 Å². The molecule has 2 rings (SSSR count). The fourth-order valence-corrected chi connectivity index (χ4v) is 2.80. The number of hydrogen-bond acceptors (Lipinski definition) is 5. The minimum absolute atomic E-state index is 0.0784. The van der Waals surface area contributed by atoms with Crippen LogP contribution in [0.2, 0.25) is 0 Å². The smallest absolute Gasteiger partial charge is 0.255 e. The summed E-state index contributed by atoms with van der Waals surface area (Å²) in [6.07, 6.45) is 4.80. The first-order valence-electron chi connectivity index (χ1n) is 7.98. The molecule has 1 unspecified atom stereocenters. The van der Waals surface area contributed by atoms with Crippen molar-refractivity contribution in [3.63, 3.8) is 0 Å². The summed E-state index contributed by atoms with van der Waals surface area (Å²) < 4.78 is 7.36. The Morgan fingerprint density at radius 3 is 2.96 bits per heavy atom. The second kappa shape index (κ2) is 8.84. The Labute approximate surface area is 147 Å². The maximum absolute atomic E-state index is 12.5. The second-order valence-corrected chi connectivity index (χ2v) is 6.76. The highest BCUT2D eigenvalue weighted by Gasteiger charge is 2.22. The molecule has 0 N–H and O–H groups in total. The minimum atomic E-state index is -0.478. The van der Waals surface area contributed by atoms with E-state index in [2.05, 4.69) is 17.0 Å². The number of aromatic nitrogens is 3. The van der Waals surface area contributed by atoms with E-state index in [4.69, 9.17) is 4.74 Å². The van der Waals surface area contributed by atoms with E-state index in [1.54, 1.807) is 47.7 Å². The van der Waals surface area contributed by atoms with Crippen LogP contribution in [0.25, 0.3) is 5.69 Å². The normalized spacial score (nSPS) is 12.2. The lowest BCUT2D eigenvalue weighted by Crippen LogP contribution is -2.36. The molecule has 0 saturated carbocycles. The van der Waals surface area contributed by atoms with Crippen molar-refractivity contribution in [2.75, 3.05) is 30.1 Å². The predicted octanol–water partition coefficient (Wildman–Crippen LogP) is 2.70. The van der Waals surface area contributed by atoms with Crippen LogP contribution in [0.1, 0.15) is 19.5 Å². The van der Waals surface area contributed by atoms with Crippen LogP contribution < -0.4 is 4.90 Å². The van der Waals surface area contributed by atoms with Crippen LogP contribution >= 0.6 is 11.8 Å². The molecule has 6 nitrogen and oxygen atoms in total. The molecule has 0 radical (unpaired) electrons. The predicted molar refractivity (Wildman–Crippen MR) is 97.9 cm³/mol. The van der Waals surface area contributed by atoms with E-state index in [1.807, 2.05) is 25.3 Å². The van der Waals surface area contributed by atoms with E-state index < -0.39 is 6.10 Å². The van der Waals surface area contributed by atoms with E-state index in [-0.39, 0.29) is 5.91 Å². The van der Waals surface area contributed by atoms with E-state index in [9.17, 15) is 4.79 Å². The lowest BCUT2D eigenvalue weighted by molar-refractivity contribution is -0.128. The number of pyridine rings is 1. The quantitative estimate of drug-likeness (QED) is 0.687. The lowest BCUT2D eigenvalue weighted by Gasteiger charge is -2.21. The second-order valence-electron chi connectivity index (χ2n) is 5.36. The first-order valence-corrected chi connectivity index (χ1v) is 9.13. The van der Waals surface area contributed by atoms with E-state index in [1.165, 1.54) is 0 Å². The van der Waals surface area contributed by atoms with Crippen LogP contribution in [0.5, 0.6) is 0 Å². The number of amides is 1. The highest BCUT2D eigenvalue weighted by molar-refractivity contribution is 7.99. The van der Waals surface area contributed by atoms with Gasteiger partial charge in [-0.05, 0) is 31.7 Å². The Morgan fingerprint density at radius 2 is 2.29 bits per heavy atom. The van der Waals surface area contributed by atoms with Gasteiger partial charge in [-0.3, -0.25) is 9.78 Å². The molecule has 2 aromatic heterocycles. The number of anilines is 1. The Kier molecular flexibility index (Phi) is 6.81. The summed E-state index contributed by atoms with van der Waals surface area (Å²) in [5.41, 5.74) is 2.40. The third-order valence-corrected chi connectivity index (χ3v) is 4.49. The van der Waals surface area contributed by atoms with Gasteiger partial charge in [0.2, 0.25) is 0 Å². The molecule has 2 aromatic rings. The molecule has 0 bridgehead atoms. The van der Waals surface area contributed by atoms with Gasteiger partial charge in [0, 0.05) is 19.0 Å². The molecule has 0 aliphatic carbocycles. The molecule has 1 amide bonds. The van der Waals surface area contributed by atoms with Gasteiger partial charge < -0.3 is 9.64 Å². The molecule has 130 valence electrons. The van der Waals surface area contributed by atoms with E-state index in [0.717, 1.165) is 28.6 Å². The number of rotatable bonds is 8. The van der Waals surface area contributed by atoms with Crippen LogP contribution in [0.3, 0.4) is 0 Å². The molecular weight excluding hydrogens is 324 g/mol. The maximum atomic E-state index is 12.5. The maximum Gasteiger partial charge on any atom is 0.255 e. The van der Waals surface area contributed by atoms with Crippen molar-refractivity contribution in [3.05, 3.63) is 36.4 Å². The standard InChI is InChI=1S/C17H24N4O2S/c1-5-24-10-9-23-14(3)17(22)20(4)16-12-21(19-13(16)2)15-7-6-8-18-11-15/h6-8,11-12,14H,5,9-10H2,1-4H3. The number of ether oxygens (including phenoxy) is 1. The molecule has 0 spiro atoms. The number of nitrogens with zero attached hydrogens (tertiary/aromatic N) is 4. The molecule has 24 heavy (non-hydrogen) atoms. The van der Waals surface area contributed by atoms with Crippen LogP contribution in [0.4, 0.5) is 5.69 Å². The number of thioether (sulfide) groups is 1. The molecule has 0 saturated heterocycles. The van der Waals surface area contributed by atoms with Crippen molar-refractivity contribution in [2.45, 2.75) is 26.9 Å². The average Bonchev–Trinajstić information content (AvgIpc) is 2.99. The highest BCUT2D eigenvalue weighted by Crippen LogP contribution is 2.20. The Morgan fingerprint density at radius 1 is 1.50 bits per heavy atom. The molecule has 7 heteroatoms. The van der Waals surface area contributed by atoms with E-state index >= 15 is 0 Å². The van der Waals surface area contributed by atoms with Crippen molar-refractivity contribution >= 4 is 23.4 Å². The lowest BCUT2D eigenvalue weighted by atomic mass is 10.3. The molecule has 0 aliphatic heterocycles. The number of aryl methyl sites for hydroxylation is 1. The Hall–Kier alpha value is -1.86. The van der Waals surface area contributed by atoms with Crippen LogP contribution in [-0.2, 0) is 9.53 Å². The van der Waals surface area contributed by atoms with Gasteiger partial charge in [-0.1, -0.05) is 6.92 Å². The van der Waals surface area contributed by atoms with Gasteiger partial charge in [0.1, 0.15) is 6.10 Å². The number of carbonyl (C=O) groups excluding carboxylic acids is 1. The topological polar surface area (TPSA) is 60.2 Å². The van der Waals surface area contributed by atoms with Crippen molar-refractivity contribution in [3.8, 4) is 5.69 Å². The fraction of sp³-hybridized carbons (Fsp3) is 0.471. The van der Waals surface area contributed by atoms with Crippen molar-refractivity contribution < 1.29 is 9.53 Å². The SMILES string of the molecule is CCSCCOC(C)C(=O)N(C)c1cn(-c2cccnc2)nc1C. The third-order valence-electron chi connectivity index (χ3n) is 3.62. The van der Waals surface area contributed by atoms with Gasteiger partial charge in [-0.2, -0.15) is 16.9 Å². The minimum Gasteiger partial charge on any atom is -0.368 e. The highest BCUT2D eigenvalue weighted by atomic mass is 32.2. The Bertz CT molecular complexity index is 660. The molecule has 1 atom stereocenters. The number of hydrogen-bond donors (Lipinski definition) is 0. The first kappa shape index (κ1) is 18.5. The van der Waals surface area contributed by atoms with Gasteiger partial charge in [-0.25, -0.2) is 4.68 Å². The van der Waals surface area contributed by atoms with Crippen molar-refractivity contribution in [1.29, 1.82) is 0 Å². The molecular formula is C17H24N4O2S. The molecule has 0 fully saturated rings. The third kappa shape index (κ3) is 4.58. The van der Waals surface area contributed by atoms with Crippen molar-refractivity contribution in [2.24, 2.45) is 0 Å². The van der Waals surface area contributed by atoms with Crippen LogP contribution in [0.15, 0.2) is 30.7 Å². The monoisotopic (exact) mass is 348 g/mol.